The first-order valence-corrected chi connectivity index (χ1v) is 7.21. The fraction of sp³-hybridized carbons (Fsp3) is 0.312. The van der Waals surface area contributed by atoms with Gasteiger partial charge in [0.05, 0.1) is 5.56 Å². The largest absolute Gasteiger partial charge is 0.440 e. The van der Waals surface area contributed by atoms with Gasteiger partial charge in [-0.25, -0.2) is 14.2 Å². The normalized spacial score (nSPS) is 14.4. The van der Waals surface area contributed by atoms with Crippen molar-refractivity contribution in [3.63, 3.8) is 0 Å². The Morgan fingerprint density at radius 1 is 1.14 bits per heavy atom. The summed E-state index contributed by atoms with van der Waals surface area (Å²) in [6.45, 7) is -0.376. The number of hydrogen-bond acceptors (Lipinski definition) is 4. The maximum atomic E-state index is 12.3. The molecule has 1 aromatic heterocycles. The summed E-state index contributed by atoms with van der Waals surface area (Å²) >= 11 is 0. The van der Waals surface area contributed by atoms with E-state index in [2.05, 4.69) is 0 Å². The minimum atomic E-state index is -0.564. The number of benzene rings is 1. The number of nitrogens with zero attached hydrogens (tertiary/aromatic N) is 2. The monoisotopic (exact) mass is 300 g/mol. The van der Waals surface area contributed by atoms with Crippen molar-refractivity contribution in [3.05, 3.63) is 69.0 Å². The summed E-state index contributed by atoms with van der Waals surface area (Å²) in [7, 11) is 0. The molecule has 0 aliphatic heterocycles. The van der Waals surface area contributed by atoms with E-state index in [9.17, 15) is 14.4 Å². The summed E-state index contributed by atoms with van der Waals surface area (Å²) in [4.78, 5) is 36.0. The molecule has 114 valence electrons. The zero-order valence-electron chi connectivity index (χ0n) is 12.0. The second kappa shape index (κ2) is 6.01. The highest BCUT2D eigenvalue weighted by Crippen LogP contribution is 2.29. The van der Waals surface area contributed by atoms with Gasteiger partial charge in [0.15, 0.2) is 6.73 Å². The number of carbonyl (C=O) groups is 1. The van der Waals surface area contributed by atoms with Crippen LogP contribution in [0.5, 0.6) is 0 Å². The van der Waals surface area contributed by atoms with Gasteiger partial charge in [-0.1, -0.05) is 18.2 Å². The molecule has 3 rings (SSSR count). The standard InChI is InChI=1S/C16H16N2O4/c19-14-9-10-17(13-7-4-8-13)16(21)18(14)11-22-15(20)12-5-2-1-3-6-12/h1-3,5-6,9-10,13H,4,7-8,11H2. The summed E-state index contributed by atoms with van der Waals surface area (Å²) in [6.07, 6.45) is 4.47. The smallest absolute Gasteiger partial charge is 0.339 e. The van der Waals surface area contributed by atoms with E-state index in [1.54, 1.807) is 34.9 Å². The summed E-state index contributed by atoms with van der Waals surface area (Å²) in [5, 5.41) is 0. The van der Waals surface area contributed by atoms with Gasteiger partial charge in [-0.05, 0) is 31.4 Å². The second-order valence-corrected chi connectivity index (χ2v) is 5.28. The number of rotatable bonds is 4. The minimum absolute atomic E-state index is 0.143. The Hall–Kier alpha value is -2.63. The van der Waals surface area contributed by atoms with Gasteiger partial charge in [0.25, 0.3) is 5.56 Å². The lowest BCUT2D eigenvalue weighted by Gasteiger charge is -2.27. The number of esters is 1. The molecule has 0 radical (unpaired) electrons. The van der Waals surface area contributed by atoms with E-state index in [-0.39, 0.29) is 12.8 Å². The minimum Gasteiger partial charge on any atom is -0.440 e. The molecule has 6 nitrogen and oxygen atoms in total. The molecular formula is C16H16N2O4. The van der Waals surface area contributed by atoms with Crippen LogP contribution in [-0.2, 0) is 11.5 Å². The zero-order chi connectivity index (χ0) is 15.5. The van der Waals surface area contributed by atoms with Gasteiger partial charge < -0.3 is 4.74 Å². The van der Waals surface area contributed by atoms with Crippen LogP contribution in [0.25, 0.3) is 0 Å². The molecule has 0 atom stereocenters. The summed E-state index contributed by atoms with van der Waals surface area (Å²) in [5.41, 5.74) is -0.523. The van der Waals surface area contributed by atoms with Crippen molar-refractivity contribution in [1.29, 1.82) is 0 Å². The van der Waals surface area contributed by atoms with Crippen LogP contribution in [0.2, 0.25) is 0 Å². The van der Waals surface area contributed by atoms with Crippen LogP contribution in [0, 0.1) is 0 Å². The lowest BCUT2D eigenvalue weighted by atomic mass is 9.93. The van der Waals surface area contributed by atoms with E-state index in [0.717, 1.165) is 23.8 Å². The van der Waals surface area contributed by atoms with Crippen molar-refractivity contribution in [3.8, 4) is 0 Å². The molecule has 1 saturated carbocycles. The Balaban J connectivity index is 1.79. The van der Waals surface area contributed by atoms with Crippen molar-refractivity contribution >= 4 is 5.97 Å². The highest BCUT2D eigenvalue weighted by Gasteiger charge is 2.21. The lowest BCUT2D eigenvalue weighted by molar-refractivity contribution is 0.0353. The predicted molar refractivity (Wildman–Crippen MR) is 79.7 cm³/mol. The molecule has 1 aliphatic rings. The van der Waals surface area contributed by atoms with Gasteiger partial charge in [0.2, 0.25) is 0 Å². The Morgan fingerprint density at radius 2 is 1.86 bits per heavy atom. The molecule has 0 spiro atoms. The summed E-state index contributed by atoms with van der Waals surface area (Å²) in [5.74, 6) is -0.564. The van der Waals surface area contributed by atoms with Crippen molar-refractivity contribution < 1.29 is 9.53 Å². The first-order valence-electron chi connectivity index (χ1n) is 7.21. The van der Waals surface area contributed by atoms with Crippen molar-refractivity contribution in [2.75, 3.05) is 0 Å². The van der Waals surface area contributed by atoms with Gasteiger partial charge in [-0.3, -0.25) is 9.36 Å². The first-order chi connectivity index (χ1) is 10.7. The van der Waals surface area contributed by atoms with Crippen LogP contribution < -0.4 is 11.2 Å². The van der Waals surface area contributed by atoms with Crippen LogP contribution in [0.1, 0.15) is 35.7 Å². The molecule has 22 heavy (non-hydrogen) atoms. The van der Waals surface area contributed by atoms with Crippen LogP contribution in [-0.4, -0.2) is 15.1 Å². The fourth-order valence-corrected chi connectivity index (χ4v) is 2.37. The lowest BCUT2D eigenvalue weighted by Crippen LogP contribution is -2.42. The summed E-state index contributed by atoms with van der Waals surface area (Å²) < 4.78 is 7.56. The van der Waals surface area contributed by atoms with Gasteiger partial charge in [0.1, 0.15) is 0 Å². The average Bonchev–Trinajstić information content (AvgIpc) is 2.49. The van der Waals surface area contributed by atoms with E-state index >= 15 is 0 Å². The maximum Gasteiger partial charge on any atom is 0.339 e. The number of aromatic nitrogens is 2. The third-order valence-electron chi connectivity index (χ3n) is 3.90. The van der Waals surface area contributed by atoms with E-state index in [4.69, 9.17) is 4.74 Å². The van der Waals surface area contributed by atoms with Crippen molar-refractivity contribution in [2.24, 2.45) is 0 Å². The highest BCUT2D eigenvalue weighted by atomic mass is 16.5. The molecule has 0 N–H and O–H groups in total. The molecule has 0 unspecified atom stereocenters. The number of ether oxygens (including phenoxy) is 1. The maximum absolute atomic E-state index is 12.3. The molecule has 0 saturated heterocycles. The van der Waals surface area contributed by atoms with E-state index in [1.807, 2.05) is 0 Å². The van der Waals surface area contributed by atoms with E-state index < -0.39 is 17.2 Å². The average molecular weight is 300 g/mol. The van der Waals surface area contributed by atoms with Crippen LogP contribution in [0.3, 0.4) is 0 Å². The highest BCUT2D eigenvalue weighted by molar-refractivity contribution is 5.89. The van der Waals surface area contributed by atoms with E-state index in [0.29, 0.717) is 5.56 Å². The zero-order valence-corrected chi connectivity index (χ0v) is 12.0. The van der Waals surface area contributed by atoms with Gasteiger partial charge in [0, 0.05) is 18.3 Å². The predicted octanol–water partition coefficient (Wildman–Crippen LogP) is 1.55. The van der Waals surface area contributed by atoms with Crippen LogP contribution in [0.15, 0.2) is 52.2 Å². The third-order valence-corrected chi connectivity index (χ3v) is 3.90. The number of carbonyl (C=O) groups excluding carboxylic acids is 1. The summed E-state index contributed by atoms with van der Waals surface area (Å²) in [6, 6.07) is 9.92. The van der Waals surface area contributed by atoms with Gasteiger partial charge in [-0.15, -0.1) is 0 Å². The fourth-order valence-electron chi connectivity index (χ4n) is 2.37. The molecule has 1 aromatic carbocycles. The van der Waals surface area contributed by atoms with Crippen molar-refractivity contribution in [2.45, 2.75) is 32.0 Å². The molecule has 1 aliphatic carbocycles. The molecule has 1 heterocycles. The van der Waals surface area contributed by atoms with Crippen LogP contribution >= 0.6 is 0 Å². The molecular weight excluding hydrogens is 284 g/mol. The van der Waals surface area contributed by atoms with Gasteiger partial charge in [-0.2, -0.15) is 0 Å². The first kappa shape index (κ1) is 14.3. The SMILES string of the molecule is O=C(OCn1c(=O)ccn(C2CCC2)c1=O)c1ccccc1. The number of hydrogen-bond donors (Lipinski definition) is 0. The topological polar surface area (TPSA) is 70.3 Å². The van der Waals surface area contributed by atoms with Crippen molar-refractivity contribution in [1.82, 2.24) is 9.13 Å². The molecule has 0 amide bonds. The Kier molecular flexibility index (Phi) is 3.91. The molecule has 6 heteroatoms. The third kappa shape index (κ3) is 2.72. The molecule has 2 aromatic rings. The quantitative estimate of drug-likeness (QED) is 0.803. The molecule has 0 bridgehead atoms. The van der Waals surface area contributed by atoms with Crippen LogP contribution in [0.4, 0.5) is 0 Å². The van der Waals surface area contributed by atoms with E-state index in [1.165, 1.54) is 12.3 Å². The Morgan fingerprint density at radius 3 is 2.50 bits per heavy atom. The Bertz CT molecular complexity index is 788. The second-order valence-electron chi connectivity index (χ2n) is 5.28. The Labute approximate surface area is 126 Å². The molecule has 1 fully saturated rings. The van der Waals surface area contributed by atoms with Gasteiger partial charge >= 0.3 is 11.7 Å².